The van der Waals surface area contributed by atoms with Crippen molar-refractivity contribution in [2.75, 3.05) is 6.54 Å². The number of hydrogen-bond acceptors (Lipinski definition) is 1. The Bertz CT molecular complexity index is 262. The number of aryl methyl sites for hydroxylation is 1. The molecule has 0 saturated carbocycles. The average Bonchev–Trinajstić information content (AvgIpc) is 2.20. The van der Waals surface area contributed by atoms with E-state index in [-0.39, 0.29) is 12.4 Å². The van der Waals surface area contributed by atoms with Crippen LogP contribution in [0.3, 0.4) is 0 Å². The molecule has 1 atom stereocenters. The van der Waals surface area contributed by atoms with E-state index in [0.717, 1.165) is 0 Å². The summed E-state index contributed by atoms with van der Waals surface area (Å²) in [6.45, 7) is 3.32. The Kier molecular flexibility index (Phi) is 4.43. The number of halogens is 1. The van der Waals surface area contributed by atoms with Crippen molar-refractivity contribution in [2.45, 2.75) is 32.2 Å². The lowest BCUT2D eigenvalue weighted by atomic mass is 9.97. The highest BCUT2D eigenvalue weighted by Gasteiger charge is 2.13. The highest BCUT2D eigenvalue weighted by atomic mass is 35.5. The van der Waals surface area contributed by atoms with Crippen LogP contribution in [-0.2, 0) is 0 Å². The van der Waals surface area contributed by atoms with E-state index in [1.54, 1.807) is 0 Å². The van der Waals surface area contributed by atoms with Gasteiger partial charge >= 0.3 is 0 Å². The van der Waals surface area contributed by atoms with E-state index < -0.39 is 0 Å². The number of hydrogen-bond donors (Lipinski definition) is 1. The van der Waals surface area contributed by atoms with E-state index in [1.165, 1.54) is 36.9 Å². The summed E-state index contributed by atoms with van der Waals surface area (Å²) in [7, 11) is 0. The first-order valence-electron chi connectivity index (χ1n) is 5.16. The van der Waals surface area contributed by atoms with Gasteiger partial charge in [-0.25, -0.2) is 0 Å². The first kappa shape index (κ1) is 11.5. The van der Waals surface area contributed by atoms with Gasteiger partial charge in [-0.15, -0.1) is 12.4 Å². The zero-order valence-electron chi connectivity index (χ0n) is 8.62. The fourth-order valence-electron chi connectivity index (χ4n) is 1.94. The standard InChI is InChI=1S/C12H17N.ClH/c1-10-5-7-11(8-6-10)12-4-2-3-9-13-12;/h5-8,12-13H,2-4,9H2,1H3;1H. The molecule has 1 fully saturated rings. The van der Waals surface area contributed by atoms with Crippen LogP contribution in [0.25, 0.3) is 0 Å². The van der Waals surface area contributed by atoms with Crippen LogP contribution < -0.4 is 5.32 Å². The number of piperidine rings is 1. The van der Waals surface area contributed by atoms with Gasteiger partial charge in [-0.3, -0.25) is 0 Å². The molecule has 2 heteroatoms. The molecule has 1 aromatic carbocycles. The summed E-state index contributed by atoms with van der Waals surface area (Å²) in [5.74, 6) is 0. The molecule has 2 rings (SSSR count). The third-order valence-corrected chi connectivity index (χ3v) is 2.79. The van der Waals surface area contributed by atoms with Crippen LogP contribution in [0, 0.1) is 6.92 Å². The van der Waals surface area contributed by atoms with Crippen molar-refractivity contribution in [3.63, 3.8) is 0 Å². The molecule has 0 spiro atoms. The van der Waals surface area contributed by atoms with Crippen molar-refractivity contribution < 1.29 is 0 Å². The zero-order chi connectivity index (χ0) is 9.10. The summed E-state index contributed by atoms with van der Waals surface area (Å²) < 4.78 is 0. The monoisotopic (exact) mass is 211 g/mol. The van der Waals surface area contributed by atoms with Crippen molar-refractivity contribution in [2.24, 2.45) is 0 Å². The van der Waals surface area contributed by atoms with Gasteiger partial charge in [-0.2, -0.15) is 0 Å². The first-order valence-corrected chi connectivity index (χ1v) is 5.16. The summed E-state index contributed by atoms with van der Waals surface area (Å²) in [6.07, 6.45) is 4.00. The van der Waals surface area contributed by atoms with Crippen LogP contribution in [0.1, 0.15) is 36.4 Å². The molecular weight excluding hydrogens is 194 g/mol. The van der Waals surface area contributed by atoms with Gasteiger partial charge in [-0.05, 0) is 31.9 Å². The summed E-state index contributed by atoms with van der Waals surface area (Å²) in [5, 5.41) is 3.55. The van der Waals surface area contributed by atoms with Gasteiger partial charge in [0.2, 0.25) is 0 Å². The van der Waals surface area contributed by atoms with Crippen LogP contribution in [0.2, 0.25) is 0 Å². The van der Waals surface area contributed by atoms with Crippen LogP contribution in [0.4, 0.5) is 0 Å². The largest absolute Gasteiger partial charge is 0.310 e. The summed E-state index contributed by atoms with van der Waals surface area (Å²) in [4.78, 5) is 0. The normalized spacial score (nSPS) is 21.4. The second-order valence-electron chi connectivity index (χ2n) is 3.91. The maximum Gasteiger partial charge on any atom is 0.0320 e. The molecule has 1 saturated heterocycles. The smallest absolute Gasteiger partial charge is 0.0320 e. The Labute approximate surface area is 92.3 Å². The molecule has 1 aliphatic rings. The SMILES string of the molecule is Cc1ccc(C2CCCCN2)cc1.Cl. The van der Waals surface area contributed by atoms with Gasteiger partial charge < -0.3 is 5.32 Å². The Balaban J connectivity index is 0.000000980. The van der Waals surface area contributed by atoms with Crippen LogP contribution in [-0.4, -0.2) is 6.54 Å². The molecule has 1 N–H and O–H groups in total. The Hall–Kier alpha value is -0.530. The third-order valence-electron chi connectivity index (χ3n) is 2.79. The van der Waals surface area contributed by atoms with Crippen LogP contribution in [0.15, 0.2) is 24.3 Å². The fraction of sp³-hybridized carbons (Fsp3) is 0.500. The van der Waals surface area contributed by atoms with Crippen molar-refractivity contribution >= 4 is 12.4 Å². The highest BCUT2D eigenvalue weighted by molar-refractivity contribution is 5.85. The van der Waals surface area contributed by atoms with E-state index in [1.807, 2.05) is 0 Å². The maximum absolute atomic E-state index is 3.55. The van der Waals surface area contributed by atoms with Crippen LogP contribution >= 0.6 is 12.4 Å². The van der Waals surface area contributed by atoms with E-state index >= 15 is 0 Å². The Morgan fingerprint density at radius 1 is 1.14 bits per heavy atom. The molecule has 1 aliphatic heterocycles. The van der Waals surface area contributed by atoms with Crippen LogP contribution in [0.5, 0.6) is 0 Å². The minimum atomic E-state index is 0. The van der Waals surface area contributed by atoms with Gasteiger partial charge in [0.05, 0.1) is 0 Å². The number of benzene rings is 1. The minimum absolute atomic E-state index is 0. The van der Waals surface area contributed by atoms with E-state index in [9.17, 15) is 0 Å². The Morgan fingerprint density at radius 3 is 2.43 bits per heavy atom. The van der Waals surface area contributed by atoms with Crippen molar-refractivity contribution in [3.05, 3.63) is 35.4 Å². The quantitative estimate of drug-likeness (QED) is 0.752. The molecule has 0 aliphatic carbocycles. The summed E-state index contributed by atoms with van der Waals surface area (Å²) >= 11 is 0. The van der Waals surface area contributed by atoms with Gasteiger partial charge in [0.15, 0.2) is 0 Å². The lowest BCUT2D eigenvalue weighted by Crippen LogP contribution is -2.26. The number of rotatable bonds is 1. The molecule has 0 amide bonds. The van der Waals surface area contributed by atoms with Crippen molar-refractivity contribution in [1.29, 1.82) is 0 Å². The second kappa shape index (κ2) is 5.38. The maximum atomic E-state index is 3.55. The molecule has 1 unspecified atom stereocenters. The zero-order valence-corrected chi connectivity index (χ0v) is 9.44. The highest BCUT2D eigenvalue weighted by Crippen LogP contribution is 2.22. The third kappa shape index (κ3) is 2.73. The second-order valence-corrected chi connectivity index (χ2v) is 3.91. The molecule has 14 heavy (non-hydrogen) atoms. The Morgan fingerprint density at radius 2 is 1.86 bits per heavy atom. The molecule has 1 nitrogen and oxygen atoms in total. The minimum Gasteiger partial charge on any atom is -0.310 e. The van der Waals surface area contributed by atoms with Gasteiger partial charge in [0.25, 0.3) is 0 Å². The lowest BCUT2D eigenvalue weighted by molar-refractivity contribution is 0.412. The molecule has 78 valence electrons. The first-order chi connectivity index (χ1) is 6.36. The fourth-order valence-corrected chi connectivity index (χ4v) is 1.94. The van der Waals surface area contributed by atoms with E-state index in [2.05, 4.69) is 36.5 Å². The van der Waals surface area contributed by atoms with Gasteiger partial charge in [-0.1, -0.05) is 36.2 Å². The molecular formula is C12H18ClN. The van der Waals surface area contributed by atoms with E-state index in [4.69, 9.17) is 0 Å². The van der Waals surface area contributed by atoms with Gasteiger partial charge in [0, 0.05) is 6.04 Å². The van der Waals surface area contributed by atoms with Gasteiger partial charge in [0.1, 0.15) is 0 Å². The summed E-state index contributed by atoms with van der Waals surface area (Å²) in [5.41, 5.74) is 2.80. The molecule has 1 heterocycles. The van der Waals surface area contributed by atoms with Crippen molar-refractivity contribution in [1.82, 2.24) is 5.32 Å². The predicted octanol–water partition coefficient (Wildman–Crippen LogP) is 3.23. The summed E-state index contributed by atoms with van der Waals surface area (Å²) in [6, 6.07) is 9.50. The predicted molar refractivity (Wildman–Crippen MR) is 63.0 cm³/mol. The molecule has 0 bridgehead atoms. The van der Waals surface area contributed by atoms with Crippen molar-refractivity contribution in [3.8, 4) is 0 Å². The van der Waals surface area contributed by atoms with E-state index in [0.29, 0.717) is 6.04 Å². The average molecular weight is 212 g/mol. The molecule has 1 aromatic rings. The lowest BCUT2D eigenvalue weighted by Gasteiger charge is -2.23. The number of nitrogens with one attached hydrogen (secondary N) is 1. The molecule has 0 radical (unpaired) electrons. The molecule has 0 aromatic heterocycles. The topological polar surface area (TPSA) is 12.0 Å².